The van der Waals surface area contributed by atoms with Gasteiger partial charge < -0.3 is 14.6 Å². The molecule has 0 aromatic rings. The van der Waals surface area contributed by atoms with Crippen LogP contribution in [0.5, 0.6) is 0 Å². The first kappa shape index (κ1) is 20.0. The van der Waals surface area contributed by atoms with Crippen LogP contribution in [0.15, 0.2) is 11.8 Å². The van der Waals surface area contributed by atoms with Crippen molar-refractivity contribution in [2.24, 2.45) is 5.92 Å². The molecule has 26 heavy (non-hydrogen) atoms. The molecular formula is C19H28N2O5. The van der Waals surface area contributed by atoms with Gasteiger partial charge in [0.15, 0.2) is 0 Å². The van der Waals surface area contributed by atoms with Gasteiger partial charge in [0.2, 0.25) is 0 Å². The summed E-state index contributed by atoms with van der Waals surface area (Å²) in [7, 11) is 0. The van der Waals surface area contributed by atoms with Crippen molar-refractivity contribution in [2.75, 3.05) is 13.2 Å². The fraction of sp³-hybridized carbons (Fsp3) is 0.684. The second-order valence-corrected chi connectivity index (χ2v) is 6.29. The van der Waals surface area contributed by atoms with E-state index in [1.54, 1.807) is 19.9 Å². The molecule has 7 heteroatoms. The SMILES string of the molecule is CCCCC#CC1C=C(O)[C@H]2CC[C@@H]1N(C(=O)OCC)N2C(=O)OCC. The Hall–Kier alpha value is -2.36. The maximum Gasteiger partial charge on any atom is 0.429 e. The molecule has 3 atom stereocenters. The van der Waals surface area contributed by atoms with Crippen LogP contribution >= 0.6 is 0 Å². The Morgan fingerprint density at radius 1 is 1.15 bits per heavy atom. The minimum Gasteiger partial charge on any atom is -0.510 e. The summed E-state index contributed by atoms with van der Waals surface area (Å²) in [6.07, 6.45) is 4.33. The van der Waals surface area contributed by atoms with Gasteiger partial charge in [-0.05, 0) is 39.2 Å². The van der Waals surface area contributed by atoms with Crippen molar-refractivity contribution < 1.29 is 24.2 Å². The quantitative estimate of drug-likeness (QED) is 0.609. The van der Waals surface area contributed by atoms with Crippen LogP contribution in [0.2, 0.25) is 0 Å². The van der Waals surface area contributed by atoms with Crippen molar-refractivity contribution in [1.29, 1.82) is 0 Å². The number of hydrazine groups is 1. The molecule has 0 saturated carbocycles. The van der Waals surface area contributed by atoms with Crippen LogP contribution in [-0.2, 0) is 9.47 Å². The van der Waals surface area contributed by atoms with E-state index in [0.29, 0.717) is 12.8 Å². The Kier molecular flexibility index (Phi) is 7.19. The number of fused-ring (bicyclic) bond motifs is 3. The summed E-state index contributed by atoms with van der Waals surface area (Å²) >= 11 is 0. The largest absolute Gasteiger partial charge is 0.510 e. The zero-order valence-corrected chi connectivity index (χ0v) is 15.7. The Morgan fingerprint density at radius 3 is 2.42 bits per heavy atom. The third-order valence-electron chi connectivity index (χ3n) is 4.52. The molecule has 0 spiro atoms. The zero-order valence-electron chi connectivity index (χ0n) is 15.7. The number of aliphatic hydroxyl groups is 1. The first-order valence-corrected chi connectivity index (χ1v) is 9.36. The molecule has 0 aromatic carbocycles. The van der Waals surface area contributed by atoms with E-state index < -0.39 is 18.2 Å². The first-order chi connectivity index (χ1) is 12.5. The van der Waals surface area contributed by atoms with Crippen molar-refractivity contribution in [1.82, 2.24) is 10.0 Å². The molecule has 1 N–H and O–H groups in total. The zero-order chi connectivity index (χ0) is 19.1. The number of ether oxygens (including phenoxy) is 2. The summed E-state index contributed by atoms with van der Waals surface area (Å²) in [4.78, 5) is 25.1. The number of unbranched alkanes of at least 4 members (excludes halogenated alkanes) is 2. The highest BCUT2D eigenvalue weighted by Crippen LogP contribution is 2.36. The normalized spacial score (nSPS) is 24.3. The number of hydrogen-bond acceptors (Lipinski definition) is 5. The van der Waals surface area contributed by atoms with Crippen LogP contribution in [0, 0.1) is 17.8 Å². The lowest BCUT2D eigenvalue weighted by Gasteiger charge is -2.45. The highest BCUT2D eigenvalue weighted by atomic mass is 16.6. The van der Waals surface area contributed by atoms with Crippen LogP contribution in [0.4, 0.5) is 9.59 Å². The molecule has 0 aromatic heterocycles. The minimum atomic E-state index is -0.671. The lowest BCUT2D eigenvalue weighted by Crippen LogP contribution is -2.62. The van der Waals surface area contributed by atoms with Crippen LogP contribution < -0.4 is 0 Å². The highest BCUT2D eigenvalue weighted by molar-refractivity contribution is 5.76. The lowest BCUT2D eigenvalue weighted by molar-refractivity contribution is -0.0889. The molecule has 2 amide bonds. The number of hydrogen-bond donors (Lipinski definition) is 1. The molecule has 1 unspecified atom stereocenters. The van der Waals surface area contributed by atoms with E-state index in [4.69, 9.17) is 9.47 Å². The predicted molar refractivity (Wildman–Crippen MR) is 96.0 cm³/mol. The van der Waals surface area contributed by atoms with Gasteiger partial charge in [0.05, 0.1) is 25.2 Å². The van der Waals surface area contributed by atoms with E-state index in [2.05, 4.69) is 18.8 Å². The average Bonchev–Trinajstić information content (AvgIpc) is 2.84. The van der Waals surface area contributed by atoms with Crippen molar-refractivity contribution in [3.63, 3.8) is 0 Å². The van der Waals surface area contributed by atoms with Crippen LogP contribution in [0.25, 0.3) is 0 Å². The van der Waals surface area contributed by atoms with Gasteiger partial charge in [-0.2, -0.15) is 0 Å². The second-order valence-electron chi connectivity index (χ2n) is 6.29. The maximum absolute atomic E-state index is 12.6. The molecule has 1 aliphatic carbocycles. The minimum absolute atomic E-state index is 0.0437. The Balaban J connectivity index is 2.37. The van der Waals surface area contributed by atoms with Crippen LogP contribution in [0.3, 0.4) is 0 Å². The molecule has 3 aliphatic rings. The van der Waals surface area contributed by atoms with Crippen molar-refractivity contribution in [2.45, 2.75) is 65.0 Å². The van der Waals surface area contributed by atoms with E-state index in [0.717, 1.165) is 19.3 Å². The summed E-state index contributed by atoms with van der Waals surface area (Å²) in [6, 6.07) is -1.02. The van der Waals surface area contributed by atoms with E-state index in [1.807, 2.05) is 0 Å². The lowest BCUT2D eigenvalue weighted by atomic mass is 9.95. The van der Waals surface area contributed by atoms with Gasteiger partial charge in [-0.3, -0.25) is 0 Å². The van der Waals surface area contributed by atoms with Gasteiger partial charge in [0.25, 0.3) is 0 Å². The van der Waals surface area contributed by atoms with Gasteiger partial charge in [0, 0.05) is 6.42 Å². The molecule has 144 valence electrons. The van der Waals surface area contributed by atoms with Gasteiger partial charge in [-0.25, -0.2) is 19.6 Å². The van der Waals surface area contributed by atoms with Gasteiger partial charge in [-0.1, -0.05) is 19.3 Å². The summed E-state index contributed by atoms with van der Waals surface area (Å²) < 4.78 is 10.3. The molecule has 3 rings (SSSR count). The number of carbonyl (C=O) groups is 2. The summed E-state index contributed by atoms with van der Waals surface area (Å²) in [5.41, 5.74) is 0. The fourth-order valence-electron chi connectivity index (χ4n) is 3.30. The predicted octanol–water partition coefficient (Wildman–Crippen LogP) is 3.61. The van der Waals surface area contributed by atoms with Gasteiger partial charge >= 0.3 is 12.2 Å². The Bertz CT molecular complexity index is 607. The number of rotatable bonds is 4. The number of carbonyl (C=O) groups excluding carboxylic acids is 2. The summed E-state index contributed by atoms with van der Waals surface area (Å²) in [6.45, 7) is 5.87. The third-order valence-corrected chi connectivity index (χ3v) is 4.52. The summed E-state index contributed by atoms with van der Waals surface area (Å²) in [5, 5.41) is 13.0. The van der Waals surface area contributed by atoms with Gasteiger partial charge in [0.1, 0.15) is 11.8 Å². The second kappa shape index (κ2) is 9.37. The molecule has 1 saturated heterocycles. The van der Waals surface area contributed by atoms with E-state index >= 15 is 0 Å². The number of amides is 2. The van der Waals surface area contributed by atoms with E-state index in [-0.39, 0.29) is 30.9 Å². The van der Waals surface area contributed by atoms with Crippen LogP contribution in [-0.4, -0.2) is 52.6 Å². The maximum atomic E-state index is 12.6. The van der Waals surface area contributed by atoms with Crippen molar-refractivity contribution in [3.8, 4) is 11.8 Å². The first-order valence-electron chi connectivity index (χ1n) is 9.36. The number of aliphatic hydroxyl groups excluding tert-OH is 1. The monoisotopic (exact) mass is 364 g/mol. The topological polar surface area (TPSA) is 79.3 Å². The van der Waals surface area contributed by atoms with Gasteiger partial charge in [-0.15, -0.1) is 5.92 Å². The molecule has 0 radical (unpaired) electrons. The molecule has 7 nitrogen and oxygen atoms in total. The molecule has 1 fully saturated rings. The third kappa shape index (κ3) is 4.24. The smallest absolute Gasteiger partial charge is 0.429 e. The summed E-state index contributed by atoms with van der Waals surface area (Å²) in [5.74, 6) is 5.97. The standard InChI is InChI=1S/C19H28N2O5/c1-4-7-8-9-10-14-13-17(22)16-12-11-15(14)20(18(23)25-5-2)21(16)19(24)26-6-3/h13-16,22H,4-8,11-12H2,1-3H3/t14?,15-,16+/m0/s1. The highest BCUT2D eigenvalue weighted by Gasteiger charge is 2.49. The Morgan fingerprint density at radius 2 is 1.81 bits per heavy atom. The van der Waals surface area contributed by atoms with E-state index in [9.17, 15) is 14.7 Å². The molecule has 2 aliphatic heterocycles. The molecule has 2 heterocycles. The van der Waals surface area contributed by atoms with E-state index in [1.165, 1.54) is 10.0 Å². The fourth-order valence-corrected chi connectivity index (χ4v) is 3.30. The average molecular weight is 364 g/mol. The molecular weight excluding hydrogens is 336 g/mol. The van der Waals surface area contributed by atoms with Crippen molar-refractivity contribution >= 4 is 12.2 Å². The van der Waals surface area contributed by atoms with Crippen molar-refractivity contribution in [3.05, 3.63) is 11.8 Å². The number of nitrogens with zero attached hydrogens (tertiary/aromatic N) is 2. The van der Waals surface area contributed by atoms with Crippen LogP contribution in [0.1, 0.15) is 52.9 Å². The molecule has 2 bridgehead atoms. The Labute approximate surface area is 154 Å².